The van der Waals surface area contributed by atoms with E-state index in [0.717, 1.165) is 29.8 Å². The first-order chi connectivity index (χ1) is 10.7. The number of amides is 1. The van der Waals surface area contributed by atoms with Gasteiger partial charge >= 0.3 is 0 Å². The normalized spacial score (nSPS) is 13.1. The Hall–Kier alpha value is -1.27. The molecule has 124 valence electrons. The number of aromatic amines is 1. The lowest BCUT2D eigenvalue weighted by Crippen LogP contribution is -2.29. The molecule has 1 aliphatic rings. The van der Waals surface area contributed by atoms with Gasteiger partial charge in [0.2, 0.25) is 0 Å². The zero-order valence-electron chi connectivity index (χ0n) is 12.3. The molecule has 0 bridgehead atoms. The number of halogens is 3. The van der Waals surface area contributed by atoms with Gasteiger partial charge < -0.3 is 10.6 Å². The summed E-state index contributed by atoms with van der Waals surface area (Å²) in [4.78, 5) is 12.3. The van der Waals surface area contributed by atoms with Crippen molar-refractivity contribution in [3.63, 3.8) is 0 Å². The number of aromatic nitrogens is 2. The van der Waals surface area contributed by atoms with Crippen molar-refractivity contribution < 1.29 is 4.79 Å². The third-order valence-electron chi connectivity index (χ3n) is 3.74. The predicted octanol–water partition coefficient (Wildman–Crippen LogP) is 2.76. The van der Waals surface area contributed by atoms with Gasteiger partial charge in [-0.2, -0.15) is 5.10 Å². The van der Waals surface area contributed by atoms with Crippen LogP contribution >= 0.6 is 35.6 Å². The fourth-order valence-electron chi connectivity index (χ4n) is 2.57. The number of carbonyl (C=O) groups is 1. The van der Waals surface area contributed by atoms with E-state index in [0.29, 0.717) is 35.2 Å². The summed E-state index contributed by atoms with van der Waals surface area (Å²) in [5.41, 5.74) is 3.31. The number of fused-ring (bicyclic) bond motifs is 1. The van der Waals surface area contributed by atoms with Gasteiger partial charge in [-0.05, 0) is 24.1 Å². The van der Waals surface area contributed by atoms with Crippen LogP contribution in [0.2, 0.25) is 10.0 Å². The van der Waals surface area contributed by atoms with Gasteiger partial charge in [-0.25, -0.2) is 0 Å². The molecule has 3 N–H and O–H groups in total. The van der Waals surface area contributed by atoms with Crippen LogP contribution in [0, 0.1) is 0 Å². The van der Waals surface area contributed by atoms with Crippen LogP contribution in [-0.2, 0) is 19.4 Å². The number of hydrogen-bond donors (Lipinski definition) is 3. The van der Waals surface area contributed by atoms with E-state index in [1.807, 2.05) is 0 Å². The maximum absolute atomic E-state index is 12.3. The van der Waals surface area contributed by atoms with Crippen molar-refractivity contribution in [2.45, 2.75) is 19.4 Å². The Morgan fingerprint density at radius 3 is 2.78 bits per heavy atom. The number of nitrogens with zero attached hydrogens (tertiary/aromatic N) is 1. The molecule has 1 aromatic carbocycles. The molecule has 1 aliphatic heterocycles. The topological polar surface area (TPSA) is 69.8 Å². The molecular formula is C15H17Cl3N4O. The maximum atomic E-state index is 12.3. The van der Waals surface area contributed by atoms with Crippen LogP contribution in [-0.4, -0.2) is 29.2 Å². The fraction of sp³-hybridized carbons (Fsp3) is 0.333. The maximum Gasteiger partial charge on any atom is 0.272 e. The molecule has 5 nitrogen and oxygen atoms in total. The highest BCUT2D eigenvalue weighted by Gasteiger charge is 2.21. The average Bonchev–Trinajstić information content (AvgIpc) is 2.94. The quantitative estimate of drug-likeness (QED) is 0.769. The molecule has 3 rings (SSSR count). The molecule has 2 heterocycles. The Labute approximate surface area is 150 Å². The van der Waals surface area contributed by atoms with Crippen LogP contribution in [0.4, 0.5) is 0 Å². The minimum absolute atomic E-state index is 0. The van der Waals surface area contributed by atoms with Crippen LogP contribution in [0.3, 0.4) is 0 Å². The zero-order chi connectivity index (χ0) is 15.5. The van der Waals surface area contributed by atoms with Gasteiger partial charge in [-0.3, -0.25) is 9.89 Å². The lowest BCUT2D eigenvalue weighted by atomic mass is 10.1. The van der Waals surface area contributed by atoms with Gasteiger partial charge in [0.1, 0.15) is 0 Å². The van der Waals surface area contributed by atoms with Crippen LogP contribution in [0.15, 0.2) is 18.2 Å². The van der Waals surface area contributed by atoms with Crippen molar-refractivity contribution in [1.82, 2.24) is 20.8 Å². The minimum atomic E-state index is -0.177. The van der Waals surface area contributed by atoms with Crippen molar-refractivity contribution in [2.24, 2.45) is 0 Å². The van der Waals surface area contributed by atoms with Crippen LogP contribution in [0.1, 0.15) is 27.3 Å². The number of nitrogens with one attached hydrogen (secondary N) is 3. The van der Waals surface area contributed by atoms with E-state index in [1.165, 1.54) is 0 Å². The number of benzene rings is 1. The summed E-state index contributed by atoms with van der Waals surface area (Å²) >= 11 is 12.2. The lowest BCUT2D eigenvalue weighted by molar-refractivity contribution is 0.0948. The second-order valence-corrected chi connectivity index (χ2v) is 5.98. The molecule has 0 spiro atoms. The molecule has 0 saturated heterocycles. The Balaban J connectivity index is 0.00000192. The van der Waals surface area contributed by atoms with Gasteiger partial charge in [0.05, 0.1) is 0 Å². The highest BCUT2D eigenvalue weighted by molar-refractivity contribution is 6.36. The second-order valence-electron chi connectivity index (χ2n) is 5.16. The van der Waals surface area contributed by atoms with Gasteiger partial charge in [0.15, 0.2) is 5.69 Å². The Morgan fingerprint density at radius 2 is 2.04 bits per heavy atom. The molecule has 8 heteroatoms. The molecule has 0 saturated carbocycles. The molecule has 0 aliphatic carbocycles. The predicted molar refractivity (Wildman–Crippen MR) is 93.7 cm³/mol. The van der Waals surface area contributed by atoms with Gasteiger partial charge in [-0.15, -0.1) is 12.4 Å². The van der Waals surface area contributed by atoms with E-state index in [1.54, 1.807) is 18.2 Å². The molecule has 1 amide bonds. The van der Waals surface area contributed by atoms with Gasteiger partial charge in [0.25, 0.3) is 5.91 Å². The first-order valence-electron chi connectivity index (χ1n) is 7.14. The van der Waals surface area contributed by atoms with E-state index in [2.05, 4.69) is 20.8 Å². The summed E-state index contributed by atoms with van der Waals surface area (Å²) in [6.07, 6.45) is 1.44. The van der Waals surface area contributed by atoms with Crippen LogP contribution < -0.4 is 10.6 Å². The van der Waals surface area contributed by atoms with Gasteiger partial charge in [-0.1, -0.05) is 29.3 Å². The third kappa shape index (κ3) is 3.98. The Kier molecular flexibility index (Phi) is 6.30. The zero-order valence-corrected chi connectivity index (χ0v) is 14.6. The summed E-state index contributed by atoms with van der Waals surface area (Å²) in [6, 6.07) is 5.39. The fourth-order valence-corrected chi connectivity index (χ4v) is 3.16. The van der Waals surface area contributed by atoms with Crippen LogP contribution in [0.5, 0.6) is 0 Å². The van der Waals surface area contributed by atoms with E-state index >= 15 is 0 Å². The van der Waals surface area contributed by atoms with Crippen molar-refractivity contribution in [1.29, 1.82) is 0 Å². The van der Waals surface area contributed by atoms with E-state index < -0.39 is 0 Å². The number of rotatable bonds is 4. The molecule has 23 heavy (non-hydrogen) atoms. The summed E-state index contributed by atoms with van der Waals surface area (Å²) in [5.74, 6) is -0.177. The largest absolute Gasteiger partial charge is 0.350 e. The van der Waals surface area contributed by atoms with E-state index in [4.69, 9.17) is 23.2 Å². The SMILES string of the molecule is Cl.O=C(NCCc1c(Cl)cccc1Cl)c1n[nH]c2c1CNCC2. The van der Waals surface area contributed by atoms with Crippen molar-refractivity contribution in [3.05, 3.63) is 50.8 Å². The number of H-pyrrole nitrogens is 1. The van der Waals surface area contributed by atoms with Crippen molar-refractivity contribution >= 4 is 41.5 Å². The summed E-state index contributed by atoms with van der Waals surface area (Å²) in [5, 5.41) is 14.4. The highest BCUT2D eigenvalue weighted by Crippen LogP contribution is 2.24. The van der Waals surface area contributed by atoms with Crippen LogP contribution in [0.25, 0.3) is 0 Å². The number of hydrogen-bond acceptors (Lipinski definition) is 3. The molecule has 0 radical (unpaired) electrons. The van der Waals surface area contributed by atoms with Crippen molar-refractivity contribution in [2.75, 3.05) is 13.1 Å². The molecule has 0 fully saturated rings. The second kappa shape index (κ2) is 8.02. The molecular weight excluding hydrogens is 359 g/mol. The summed E-state index contributed by atoms with van der Waals surface area (Å²) < 4.78 is 0. The average molecular weight is 376 g/mol. The Bertz CT molecular complexity index is 682. The standard InChI is InChI=1S/C15H16Cl2N4O.ClH/c16-11-2-1-3-12(17)9(11)4-7-19-15(22)14-10-8-18-6-5-13(10)20-21-14;/h1-3,18H,4-8H2,(H,19,22)(H,20,21);1H. The third-order valence-corrected chi connectivity index (χ3v) is 4.45. The van der Waals surface area contributed by atoms with E-state index in [-0.39, 0.29) is 18.3 Å². The Morgan fingerprint density at radius 1 is 1.30 bits per heavy atom. The minimum Gasteiger partial charge on any atom is -0.350 e. The number of carbonyl (C=O) groups excluding carboxylic acids is 1. The first kappa shape index (κ1) is 18.1. The van der Waals surface area contributed by atoms with Crippen molar-refractivity contribution in [3.8, 4) is 0 Å². The van der Waals surface area contributed by atoms with Gasteiger partial charge in [0, 0.05) is 47.4 Å². The van der Waals surface area contributed by atoms with E-state index in [9.17, 15) is 4.79 Å². The highest BCUT2D eigenvalue weighted by atomic mass is 35.5. The molecule has 1 aromatic heterocycles. The lowest BCUT2D eigenvalue weighted by Gasteiger charge is -2.13. The molecule has 0 unspecified atom stereocenters. The smallest absolute Gasteiger partial charge is 0.272 e. The summed E-state index contributed by atoms with van der Waals surface area (Å²) in [6.45, 7) is 2.03. The monoisotopic (exact) mass is 374 g/mol. The molecule has 0 atom stereocenters. The summed E-state index contributed by atoms with van der Waals surface area (Å²) in [7, 11) is 0. The first-order valence-corrected chi connectivity index (χ1v) is 7.90. The molecule has 2 aromatic rings.